The average Bonchev–Trinajstić information content (AvgIpc) is 3.02. The van der Waals surface area contributed by atoms with Crippen LogP contribution in [0, 0.1) is 0 Å². The van der Waals surface area contributed by atoms with Crippen molar-refractivity contribution in [3.05, 3.63) is 57.5 Å². The average molecular weight is 423 g/mol. The van der Waals surface area contributed by atoms with E-state index in [4.69, 9.17) is 27.9 Å². The summed E-state index contributed by atoms with van der Waals surface area (Å²) in [6.07, 6.45) is -0.317. The molecule has 1 heterocycles. The van der Waals surface area contributed by atoms with E-state index in [-0.39, 0.29) is 6.42 Å². The fourth-order valence-electron chi connectivity index (χ4n) is 2.42. The lowest BCUT2D eigenvalue weighted by molar-refractivity contribution is -0.153. The summed E-state index contributed by atoms with van der Waals surface area (Å²) in [5.41, 5.74) is 1.36. The molecule has 27 heavy (non-hydrogen) atoms. The smallest absolute Gasteiger partial charge is 0.306 e. The number of aromatic nitrogens is 1. The number of fused-ring (bicyclic) bond motifs is 1. The van der Waals surface area contributed by atoms with Crippen LogP contribution in [-0.4, -0.2) is 23.0 Å². The SMILES string of the molecule is C[C@H](OC(=O)CCc1nc2ccccc2s1)C(=O)Nc1cc(Cl)cc(Cl)c1. The molecule has 0 fully saturated rings. The van der Waals surface area contributed by atoms with E-state index in [1.165, 1.54) is 6.92 Å². The van der Waals surface area contributed by atoms with E-state index in [1.54, 1.807) is 29.5 Å². The lowest BCUT2D eigenvalue weighted by Crippen LogP contribution is -2.30. The molecule has 0 saturated heterocycles. The Morgan fingerprint density at radius 3 is 2.59 bits per heavy atom. The molecule has 0 aliphatic heterocycles. The molecule has 8 heteroatoms. The lowest BCUT2D eigenvalue weighted by atomic mass is 10.3. The molecule has 0 spiro atoms. The quantitative estimate of drug-likeness (QED) is 0.560. The molecule has 2 aromatic carbocycles. The summed E-state index contributed by atoms with van der Waals surface area (Å²) >= 11 is 13.3. The summed E-state index contributed by atoms with van der Waals surface area (Å²) < 4.78 is 6.28. The zero-order valence-corrected chi connectivity index (χ0v) is 16.7. The highest BCUT2D eigenvalue weighted by molar-refractivity contribution is 7.18. The molecule has 3 rings (SSSR count). The normalized spacial score (nSPS) is 12.0. The molecule has 1 N–H and O–H groups in total. The number of hydrogen-bond acceptors (Lipinski definition) is 5. The molecule has 0 aliphatic carbocycles. The third kappa shape index (κ3) is 5.42. The van der Waals surface area contributed by atoms with Gasteiger partial charge in [0.05, 0.1) is 21.6 Å². The van der Waals surface area contributed by atoms with Gasteiger partial charge in [-0.05, 0) is 37.3 Å². The van der Waals surface area contributed by atoms with Gasteiger partial charge >= 0.3 is 5.97 Å². The van der Waals surface area contributed by atoms with Crippen molar-refractivity contribution < 1.29 is 14.3 Å². The van der Waals surface area contributed by atoms with Gasteiger partial charge in [-0.1, -0.05) is 35.3 Å². The van der Waals surface area contributed by atoms with E-state index < -0.39 is 18.0 Å². The fraction of sp³-hybridized carbons (Fsp3) is 0.211. The van der Waals surface area contributed by atoms with Gasteiger partial charge in [-0.2, -0.15) is 0 Å². The van der Waals surface area contributed by atoms with Crippen molar-refractivity contribution in [1.82, 2.24) is 4.98 Å². The Kier molecular flexibility index (Phi) is 6.31. The molecule has 0 saturated carbocycles. The van der Waals surface area contributed by atoms with Crippen LogP contribution >= 0.6 is 34.5 Å². The first-order chi connectivity index (χ1) is 12.9. The monoisotopic (exact) mass is 422 g/mol. The Labute approximate surface area is 170 Å². The molecule has 0 unspecified atom stereocenters. The molecule has 0 bridgehead atoms. The first-order valence-corrected chi connectivity index (χ1v) is 9.79. The predicted molar refractivity (Wildman–Crippen MR) is 109 cm³/mol. The minimum atomic E-state index is -0.939. The third-order valence-corrected chi connectivity index (χ3v) is 5.22. The Bertz CT molecular complexity index is 937. The fourth-order valence-corrected chi connectivity index (χ4v) is 3.91. The number of carbonyl (C=O) groups excluding carboxylic acids is 2. The van der Waals surface area contributed by atoms with Crippen LogP contribution in [0.2, 0.25) is 10.0 Å². The molecule has 1 aromatic heterocycles. The second-order valence-electron chi connectivity index (χ2n) is 5.85. The van der Waals surface area contributed by atoms with Gasteiger partial charge in [0.1, 0.15) is 0 Å². The second-order valence-corrected chi connectivity index (χ2v) is 7.84. The van der Waals surface area contributed by atoms with E-state index in [0.717, 1.165) is 15.2 Å². The highest BCUT2D eigenvalue weighted by atomic mass is 35.5. The Morgan fingerprint density at radius 2 is 1.89 bits per heavy atom. The molecule has 0 radical (unpaired) electrons. The van der Waals surface area contributed by atoms with Crippen LogP contribution in [0.25, 0.3) is 10.2 Å². The number of amides is 1. The number of esters is 1. The van der Waals surface area contributed by atoms with Gasteiger partial charge in [-0.3, -0.25) is 9.59 Å². The van der Waals surface area contributed by atoms with E-state index >= 15 is 0 Å². The third-order valence-electron chi connectivity index (χ3n) is 3.69. The predicted octanol–water partition coefficient (Wildman–Crippen LogP) is 5.11. The van der Waals surface area contributed by atoms with E-state index in [2.05, 4.69) is 10.3 Å². The zero-order valence-electron chi connectivity index (χ0n) is 14.4. The van der Waals surface area contributed by atoms with Crippen molar-refractivity contribution in [1.29, 1.82) is 0 Å². The summed E-state index contributed by atoms with van der Waals surface area (Å²) in [5.74, 6) is -0.914. The number of halogens is 2. The molecular weight excluding hydrogens is 407 g/mol. The van der Waals surface area contributed by atoms with E-state index in [0.29, 0.717) is 22.2 Å². The highest BCUT2D eigenvalue weighted by Crippen LogP contribution is 2.23. The van der Waals surface area contributed by atoms with Crippen LogP contribution in [0.4, 0.5) is 5.69 Å². The van der Waals surface area contributed by atoms with Crippen molar-refractivity contribution in [2.75, 3.05) is 5.32 Å². The minimum absolute atomic E-state index is 0.153. The number of nitrogens with one attached hydrogen (secondary N) is 1. The molecule has 1 amide bonds. The number of thiazole rings is 1. The maximum atomic E-state index is 12.2. The van der Waals surface area contributed by atoms with Gasteiger partial charge < -0.3 is 10.1 Å². The lowest BCUT2D eigenvalue weighted by Gasteiger charge is -2.13. The highest BCUT2D eigenvalue weighted by Gasteiger charge is 2.18. The summed E-state index contributed by atoms with van der Waals surface area (Å²) in [7, 11) is 0. The largest absolute Gasteiger partial charge is 0.453 e. The molecule has 1 atom stereocenters. The molecule has 140 valence electrons. The molecular formula is C19H16Cl2N2O3S. The molecule has 5 nitrogen and oxygen atoms in total. The number of rotatable bonds is 6. The number of nitrogens with zero attached hydrogens (tertiary/aromatic N) is 1. The van der Waals surface area contributed by atoms with Gasteiger partial charge in [0.2, 0.25) is 0 Å². The van der Waals surface area contributed by atoms with Gasteiger partial charge in [-0.15, -0.1) is 11.3 Å². The Morgan fingerprint density at radius 1 is 1.19 bits per heavy atom. The summed E-state index contributed by atoms with van der Waals surface area (Å²) in [6.45, 7) is 1.51. The van der Waals surface area contributed by atoms with Crippen molar-refractivity contribution in [3.63, 3.8) is 0 Å². The van der Waals surface area contributed by atoms with Gasteiger partial charge in [0.25, 0.3) is 5.91 Å². The van der Waals surface area contributed by atoms with Crippen LogP contribution in [-0.2, 0) is 20.7 Å². The molecule has 0 aliphatic rings. The number of anilines is 1. The van der Waals surface area contributed by atoms with Crippen molar-refractivity contribution in [2.45, 2.75) is 25.9 Å². The number of para-hydroxylation sites is 1. The minimum Gasteiger partial charge on any atom is -0.453 e. The number of aryl methyl sites for hydroxylation is 1. The second kappa shape index (κ2) is 8.69. The molecule has 3 aromatic rings. The standard InChI is InChI=1S/C19H16Cl2N2O3S/c1-11(19(25)22-14-9-12(20)8-13(21)10-14)26-18(24)7-6-17-23-15-4-2-3-5-16(15)27-17/h2-5,8-11H,6-7H2,1H3,(H,22,25)/t11-/m0/s1. The summed E-state index contributed by atoms with van der Waals surface area (Å²) in [5, 5.41) is 4.29. The van der Waals surface area contributed by atoms with Crippen LogP contribution in [0.5, 0.6) is 0 Å². The van der Waals surface area contributed by atoms with E-state index in [1.807, 2.05) is 24.3 Å². The maximum Gasteiger partial charge on any atom is 0.306 e. The van der Waals surface area contributed by atoms with Crippen molar-refractivity contribution in [3.8, 4) is 0 Å². The Balaban J connectivity index is 1.51. The van der Waals surface area contributed by atoms with Crippen LogP contribution in [0.3, 0.4) is 0 Å². The van der Waals surface area contributed by atoms with Crippen LogP contribution < -0.4 is 5.32 Å². The van der Waals surface area contributed by atoms with E-state index in [9.17, 15) is 9.59 Å². The topological polar surface area (TPSA) is 68.3 Å². The number of hydrogen-bond donors (Lipinski definition) is 1. The summed E-state index contributed by atoms with van der Waals surface area (Å²) in [4.78, 5) is 28.7. The van der Waals surface area contributed by atoms with Crippen molar-refractivity contribution in [2.24, 2.45) is 0 Å². The van der Waals surface area contributed by atoms with Gasteiger partial charge in [0.15, 0.2) is 6.10 Å². The first-order valence-electron chi connectivity index (χ1n) is 8.21. The zero-order chi connectivity index (χ0) is 19.4. The van der Waals surface area contributed by atoms with Crippen LogP contribution in [0.1, 0.15) is 18.4 Å². The number of carbonyl (C=O) groups is 2. The van der Waals surface area contributed by atoms with Gasteiger partial charge in [-0.25, -0.2) is 4.98 Å². The summed E-state index contributed by atoms with van der Waals surface area (Å²) in [6, 6.07) is 12.5. The van der Waals surface area contributed by atoms with Crippen LogP contribution in [0.15, 0.2) is 42.5 Å². The number of benzene rings is 2. The number of ether oxygens (including phenoxy) is 1. The maximum absolute atomic E-state index is 12.2. The Hall–Kier alpha value is -2.15. The van der Waals surface area contributed by atoms with Gasteiger partial charge in [0, 0.05) is 22.2 Å². The first kappa shape index (κ1) is 19.6. The van der Waals surface area contributed by atoms with Crippen molar-refractivity contribution >= 4 is 62.3 Å².